The van der Waals surface area contributed by atoms with Crippen LogP contribution in [0.25, 0.3) is 6.08 Å². The van der Waals surface area contributed by atoms with Crippen molar-refractivity contribution in [3.05, 3.63) is 59.6 Å². The van der Waals surface area contributed by atoms with Crippen molar-refractivity contribution in [3.8, 4) is 6.07 Å². The summed E-state index contributed by atoms with van der Waals surface area (Å²) in [5, 5.41) is 9.17. The van der Waals surface area contributed by atoms with Crippen LogP contribution in [0, 0.1) is 16.7 Å². The highest BCUT2D eigenvalue weighted by Gasteiger charge is 2.19. The van der Waals surface area contributed by atoms with E-state index < -0.39 is 0 Å². The molecule has 0 N–H and O–H groups in total. The molecular weight excluding hydrogens is 396 g/mol. The molecule has 0 aliphatic carbocycles. The lowest BCUT2D eigenvalue weighted by Gasteiger charge is -2.33. The molecule has 3 rings (SSSR count). The molecule has 1 fully saturated rings. The molecule has 0 spiro atoms. The Labute approximate surface area is 193 Å². The van der Waals surface area contributed by atoms with E-state index in [1.807, 2.05) is 12.1 Å². The SMILES string of the molecule is CCN1CCN(C/C=C/c2ccc(CN(CC(C)(C)C)c3ccnc(C#N)n3)cc2)CC1. The van der Waals surface area contributed by atoms with Crippen molar-refractivity contribution >= 4 is 11.9 Å². The van der Waals surface area contributed by atoms with E-state index in [-0.39, 0.29) is 11.2 Å². The smallest absolute Gasteiger partial charge is 0.234 e. The molecule has 0 radical (unpaired) electrons. The van der Waals surface area contributed by atoms with Crippen LogP contribution in [-0.2, 0) is 6.54 Å². The van der Waals surface area contributed by atoms with E-state index in [1.54, 1.807) is 6.20 Å². The Balaban J connectivity index is 1.61. The number of hydrogen-bond donors (Lipinski definition) is 0. The Hall–Kier alpha value is -2.75. The van der Waals surface area contributed by atoms with Crippen LogP contribution in [0.15, 0.2) is 42.6 Å². The second kappa shape index (κ2) is 11.2. The van der Waals surface area contributed by atoms with Crippen LogP contribution in [0.2, 0.25) is 0 Å². The first-order valence-electron chi connectivity index (χ1n) is 11.5. The molecule has 1 aliphatic rings. The molecule has 6 nitrogen and oxygen atoms in total. The van der Waals surface area contributed by atoms with Gasteiger partial charge in [-0.1, -0.05) is 64.1 Å². The summed E-state index contributed by atoms with van der Waals surface area (Å²) in [7, 11) is 0. The van der Waals surface area contributed by atoms with Crippen molar-refractivity contribution < 1.29 is 0 Å². The molecule has 170 valence electrons. The summed E-state index contributed by atoms with van der Waals surface area (Å²) < 4.78 is 0. The van der Waals surface area contributed by atoms with Gasteiger partial charge in [0.25, 0.3) is 0 Å². The fourth-order valence-electron chi connectivity index (χ4n) is 3.95. The van der Waals surface area contributed by atoms with Gasteiger partial charge in [-0.15, -0.1) is 0 Å². The van der Waals surface area contributed by atoms with Gasteiger partial charge in [0.2, 0.25) is 5.82 Å². The number of hydrogen-bond acceptors (Lipinski definition) is 6. The van der Waals surface area contributed by atoms with Crippen molar-refractivity contribution in [1.82, 2.24) is 19.8 Å². The zero-order chi connectivity index (χ0) is 23.0. The van der Waals surface area contributed by atoms with Gasteiger partial charge in [0.05, 0.1) is 0 Å². The normalized spacial score (nSPS) is 15.7. The van der Waals surface area contributed by atoms with E-state index in [0.717, 1.165) is 45.1 Å². The lowest BCUT2D eigenvalue weighted by Crippen LogP contribution is -2.45. The molecule has 1 aromatic heterocycles. The van der Waals surface area contributed by atoms with Crippen LogP contribution in [0.3, 0.4) is 0 Å². The second-order valence-corrected chi connectivity index (χ2v) is 9.65. The van der Waals surface area contributed by atoms with E-state index >= 15 is 0 Å². The third-order valence-corrected chi connectivity index (χ3v) is 5.67. The van der Waals surface area contributed by atoms with Crippen molar-refractivity contribution in [2.24, 2.45) is 5.41 Å². The maximum atomic E-state index is 9.17. The van der Waals surface area contributed by atoms with Gasteiger partial charge >= 0.3 is 0 Å². The van der Waals surface area contributed by atoms with E-state index in [0.29, 0.717) is 0 Å². The lowest BCUT2D eigenvalue weighted by molar-refractivity contribution is 0.148. The van der Waals surface area contributed by atoms with Crippen LogP contribution in [-0.4, -0.2) is 65.6 Å². The van der Waals surface area contributed by atoms with Gasteiger partial charge in [0.15, 0.2) is 0 Å². The minimum absolute atomic E-state index is 0.100. The molecule has 0 saturated carbocycles. The maximum absolute atomic E-state index is 9.17. The fraction of sp³-hybridized carbons (Fsp3) is 0.500. The lowest BCUT2D eigenvalue weighted by atomic mass is 9.95. The van der Waals surface area contributed by atoms with E-state index in [1.165, 1.54) is 24.2 Å². The number of benzene rings is 1. The molecule has 1 aromatic carbocycles. The zero-order valence-electron chi connectivity index (χ0n) is 20.0. The number of anilines is 1. The molecule has 1 saturated heterocycles. The maximum Gasteiger partial charge on any atom is 0.234 e. The first-order chi connectivity index (χ1) is 15.4. The van der Waals surface area contributed by atoms with E-state index in [9.17, 15) is 0 Å². The minimum atomic E-state index is 0.100. The molecule has 0 atom stereocenters. The van der Waals surface area contributed by atoms with Crippen molar-refractivity contribution in [2.75, 3.05) is 50.7 Å². The van der Waals surface area contributed by atoms with Crippen LogP contribution < -0.4 is 4.90 Å². The van der Waals surface area contributed by atoms with Crippen molar-refractivity contribution in [1.29, 1.82) is 5.26 Å². The molecule has 6 heteroatoms. The summed E-state index contributed by atoms with van der Waals surface area (Å²) in [4.78, 5) is 15.7. The standard InChI is InChI=1S/C26H36N6/c1-5-30-15-17-31(18-16-30)14-6-7-22-8-10-23(11-9-22)20-32(21-26(2,3)4)25-12-13-28-24(19-27)29-25/h6-13H,5,14-18,20-21H2,1-4H3/b7-6+. The van der Waals surface area contributed by atoms with Crippen molar-refractivity contribution in [2.45, 2.75) is 34.2 Å². The highest BCUT2D eigenvalue weighted by Crippen LogP contribution is 2.22. The average Bonchev–Trinajstić information content (AvgIpc) is 2.79. The van der Waals surface area contributed by atoms with Gasteiger partial charge in [-0.3, -0.25) is 4.90 Å². The summed E-state index contributed by atoms with van der Waals surface area (Å²) in [5.41, 5.74) is 2.54. The number of nitriles is 1. The van der Waals surface area contributed by atoms with E-state index in [4.69, 9.17) is 5.26 Å². The molecule has 2 aromatic rings. The molecule has 0 unspecified atom stereocenters. The number of aromatic nitrogens is 2. The van der Waals surface area contributed by atoms with Gasteiger partial charge < -0.3 is 9.80 Å². The topological polar surface area (TPSA) is 59.3 Å². The Morgan fingerprint density at radius 2 is 1.75 bits per heavy atom. The van der Waals surface area contributed by atoms with Crippen LogP contribution >= 0.6 is 0 Å². The largest absolute Gasteiger partial charge is 0.352 e. The minimum Gasteiger partial charge on any atom is -0.352 e. The average molecular weight is 433 g/mol. The quantitative estimate of drug-likeness (QED) is 0.627. The highest BCUT2D eigenvalue weighted by atomic mass is 15.3. The Morgan fingerprint density at radius 3 is 2.38 bits per heavy atom. The fourth-order valence-corrected chi connectivity index (χ4v) is 3.95. The highest BCUT2D eigenvalue weighted by molar-refractivity contribution is 5.50. The van der Waals surface area contributed by atoms with Gasteiger partial charge in [-0.25, -0.2) is 9.97 Å². The number of likely N-dealkylation sites (N-methyl/N-ethyl adjacent to an activating group) is 1. The zero-order valence-corrected chi connectivity index (χ0v) is 20.0. The summed E-state index contributed by atoms with van der Waals surface area (Å²) in [6.45, 7) is 17.2. The van der Waals surface area contributed by atoms with Crippen LogP contribution in [0.5, 0.6) is 0 Å². The second-order valence-electron chi connectivity index (χ2n) is 9.65. The van der Waals surface area contributed by atoms with Gasteiger partial charge in [0.1, 0.15) is 11.9 Å². The third-order valence-electron chi connectivity index (χ3n) is 5.67. The number of nitrogens with zero attached hydrogens (tertiary/aromatic N) is 6. The molecule has 32 heavy (non-hydrogen) atoms. The first-order valence-corrected chi connectivity index (χ1v) is 11.5. The van der Waals surface area contributed by atoms with Gasteiger partial charge in [-0.2, -0.15) is 5.26 Å². The van der Waals surface area contributed by atoms with E-state index in [2.05, 4.69) is 88.8 Å². The molecule has 0 bridgehead atoms. The summed E-state index contributed by atoms with van der Waals surface area (Å²) >= 11 is 0. The molecular formula is C26H36N6. The number of rotatable bonds is 8. The Bertz CT molecular complexity index is 915. The predicted octanol–water partition coefficient (Wildman–Crippen LogP) is 4.05. The van der Waals surface area contributed by atoms with Crippen LogP contribution in [0.1, 0.15) is 44.6 Å². The monoisotopic (exact) mass is 432 g/mol. The summed E-state index contributed by atoms with van der Waals surface area (Å²) in [5.74, 6) is 0.997. The summed E-state index contributed by atoms with van der Waals surface area (Å²) in [6.07, 6.45) is 6.14. The molecule has 1 aliphatic heterocycles. The Morgan fingerprint density at radius 1 is 1.06 bits per heavy atom. The first kappa shape index (κ1) is 23.9. The van der Waals surface area contributed by atoms with Crippen molar-refractivity contribution in [3.63, 3.8) is 0 Å². The van der Waals surface area contributed by atoms with Gasteiger partial charge in [0, 0.05) is 52.0 Å². The number of piperazine rings is 1. The van der Waals surface area contributed by atoms with Crippen LogP contribution in [0.4, 0.5) is 5.82 Å². The third kappa shape index (κ3) is 7.44. The van der Waals surface area contributed by atoms with Gasteiger partial charge in [-0.05, 0) is 29.2 Å². The summed E-state index contributed by atoms with van der Waals surface area (Å²) in [6, 6.07) is 12.6. The molecule has 2 heterocycles. The predicted molar refractivity (Wildman–Crippen MR) is 131 cm³/mol. The molecule has 0 amide bonds. The Kier molecular flexibility index (Phi) is 8.38.